The Morgan fingerprint density at radius 1 is 1.12 bits per heavy atom. The van der Waals surface area contributed by atoms with Gasteiger partial charge in [0.25, 0.3) is 0 Å². The van der Waals surface area contributed by atoms with Crippen molar-refractivity contribution in [2.75, 3.05) is 6.79 Å². The van der Waals surface area contributed by atoms with Gasteiger partial charge in [0, 0.05) is 17.3 Å². The Morgan fingerprint density at radius 3 is 2.88 bits per heavy atom. The van der Waals surface area contributed by atoms with Crippen LogP contribution >= 0.6 is 0 Å². The molecule has 0 amide bonds. The van der Waals surface area contributed by atoms with Crippen molar-refractivity contribution in [1.29, 1.82) is 0 Å². The van der Waals surface area contributed by atoms with Crippen LogP contribution < -0.4 is 9.47 Å². The van der Waals surface area contributed by atoms with E-state index in [4.69, 9.17) is 9.47 Å². The van der Waals surface area contributed by atoms with Gasteiger partial charge in [-0.15, -0.1) is 0 Å². The van der Waals surface area contributed by atoms with Gasteiger partial charge >= 0.3 is 0 Å². The molecule has 0 aliphatic carbocycles. The zero-order valence-electron chi connectivity index (χ0n) is 8.92. The van der Waals surface area contributed by atoms with E-state index in [1.807, 2.05) is 18.2 Å². The van der Waals surface area contributed by atoms with Gasteiger partial charge in [0.05, 0.1) is 5.69 Å². The lowest BCUT2D eigenvalue weighted by Crippen LogP contribution is -1.92. The average molecular weight is 227 g/mol. The predicted octanol–water partition coefficient (Wildman–Crippen LogP) is 2.29. The molecule has 1 aromatic carbocycles. The van der Waals surface area contributed by atoms with Gasteiger partial charge in [-0.25, -0.2) is 0 Å². The molecule has 0 radical (unpaired) electrons. The number of ether oxygens (including phenoxy) is 2. The Hall–Kier alpha value is -2.36. The third kappa shape index (κ3) is 1.73. The lowest BCUT2D eigenvalue weighted by atomic mass is 10.1. The van der Waals surface area contributed by atoms with Crippen LogP contribution in [-0.2, 0) is 0 Å². The topological polar surface area (TPSA) is 48.4 Å². The Morgan fingerprint density at radius 2 is 2.00 bits per heavy atom. The maximum absolute atomic E-state index is 10.7. The van der Waals surface area contributed by atoms with Crippen molar-refractivity contribution >= 4 is 6.29 Å². The molecular weight excluding hydrogens is 218 g/mol. The number of carbonyl (C=O) groups excluding carboxylic acids is 1. The monoisotopic (exact) mass is 227 g/mol. The minimum atomic E-state index is 0.251. The number of hydrogen-bond acceptors (Lipinski definition) is 4. The van der Waals surface area contributed by atoms with Crippen molar-refractivity contribution in [2.24, 2.45) is 0 Å². The fourth-order valence-electron chi connectivity index (χ4n) is 1.73. The van der Waals surface area contributed by atoms with Crippen molar-refractivity contribution in [3.63, 3.8) is 0 Å². The molecule has 84 valence electrons. The number of fused-ring (bicyclic) bond motifs is 1. The Bertz CT molecular complexity index is 581. The third-order valence-corrected chi connectivity index (χ3v) is 2.59. The number of benzene rings is 1. The molecule has 0 bridgehead atoms. The number of pyridine rings is 1. The molecular formula is C13H9NO3. The molecule has 2 aromatic rings. The summed E-state index contributed by atoms with van der Waals surface area (Å²) in [5.41, 5.74) is 2.25. The van der Waals surface area contributed by atoms with E-state index in [0.717, 1.165) is 23.3 Å². The molecule has 0 unspecified atom stereocenters. The van der Waals surface area contributed by atoms with Gasteiger partial charge in [-0.1, -0.05) is 0 Å². The number of rotatable bonds is 2. The van der Waals surface area contributed by atoms with Gasteiger partial charge in [0.15, 0.2) is 11.5 Å². The van der Waals surface area contributed by atoms with Crippen LogP contribution in [0.3, 0.4) is 0 Å². The summed E-state index contributed by atoms with van der Waals surface area (Å²) >= 11 is 0. The highest BCUT2D eigenvalue weighted by atomic mass is 16.7. The minimum Gasteiger partial charge on any atom is -0.454 e. The molecule has 0 saturated heterocycles. The molecule has 2 heterocycles. The van der Waals surface area contributed by atoms with Crippen LogP contribution in [0, 0.1) is 0 Å². The summed E-state index contributed by atoms with van der Waals surface area (Å²) in [6, 6.07) is 9.00. The number of nitrogens with zero attached hydrogens (tertiary/aromatic N) is 1. The summed E-state index contributed by atoms with van der Waals surface area (Å²) in [7, 11) is 0. The first-order valence-electron chi connectivity index (χ1n) is 5.18. The summed E-state index contributed by atoms with van der Waals surface area (Å²) in [5, 5.41) is 0. The van der Waals surface area contributed by atoms with Crippen molar-refractivity contribution < 1.29 is 14.3 Å². The Balaban J connectivity index is 2.06. The van der Waals surface area contributed by atoms with Crippen molar-refractivity contribution in [3.05, 3.63) is 42.1 Å². The van der Waals surface area contributed by atoms with Crippen LogP contribution in [-0.4, -0.2) is 18.1 Å². The van der Waals surface area contributed by atoms with E-state index in [1.165, 1.54) is 0 Å². The number of hydrogen-bond donors (Lipinski definition) is 0. The van der Waals surface area contributed by atoms with Crippen LogP contribution in [0.2, 0.25) is 0 Å². The lowest BCUT2D eigenvalue weighted by molar-refractivity contribution is 0.112. The molecule has 3 rings (SSSR count). The molecule has 1 aliphatic heterocycles. The molecule has 0 atom stereocenters. The largest absolute Gasteiger partial charge is 0.454 e. The second kappa shape index (κ2) is 3.90. The van der Waals surface area contributed by atoms with Crippen molar-refractivity contribution in [2.45, 2.75) is 0 Å². The standard InChI is InChI=1S/C13H9NO3/c15-7-9-3-4-14-11(5-9)10-1-2-12-13(6-10)17-8-16-12/h1-7H,8H2. The van der Waals surface area contributed by atoms with Gasteiger partial charge in [-0.05, 0) is 30.3 Å². The minimum absolute atomic E-state index is 0.251. The SMILES string of the molecule is O=Cc1ccnc(-c2ccc3c(c2)OCO3)c1. The maximum Gasteiger partial charge on any atom is 0.231 e. The van der Waals surface area contributed by atoms with E-state index in [9.17, 15) is 4.79 Å². The first-order chi connectivity index (χ1) is 8.36. The second-order valence-electron chi connectivity index (χ2n) is 3.66. The van der Waals surface area contributed by atoms with Crippen LogP contribution in [0.25, 0.3) is 11.3 Å². The van der Waals surface area contributed by atoms with Crippen LogP contribution in [0.5, 0.6) is 11.5 Å². The maximum atomic E-state index is 10.7. The van der Waals surface area contributed by atoms with Crippen molar-refractivity contribution in [1.82, 2.24) is 4.98 Å². The highest BCUT2D eigenvalue weighted by Crippen LogP contribution is 2.35. The molecule has 0 fully saturated rings. The fourth-order valence-corrected chi connectivity index (χ4v) is 1.73. The average Bonchev–Trinajstić information content (AvgIpc) is 2.86. The summed E-state index contributed by atoms with van der Waals surface area (Å²) in [4.78, 5) is 14.9. The quantitative estimate of drug-likeness (QED) is 0.738. The van der Waals surface area contributed by atoms with E-state index < -0.39 is 0 Å². The van der Waals surface area contributed by atoms with E-state index in [0.29, 0.717) is 11.3 Å². The van der Waals surface area contributed by atoms with Crippen molar-refractivity contribution in [3.8, 4) is 22.8 Å². The van der Waals surface area contributed by atoms with Gasteiger partial charge < -0.3 is 9.47 Å². The summed E-state index contributed by atoms with van der Waals surface area (Å²) in [6.45, 7) is 0.251. The Labute approximate surface area is 97.8 Å². The summed E-state index contributed by atoms with van der Waals surface area (Å²) in [5.74, 6) is 1.45. The highest BCUT2D eigenvalue weighted by Gasteiger charge is 2.14. The van der Waals surface area contributed by atoms with E-state index in [2.05, 4.69) is 4.98 Å². The van der Waals surface area contributed by atoms with Crippen LogP contribution in [0.15, 0.2) is 36.5 Å². The van der Waals surface area contributed by atoms with Gasteiger partial charge in [0.2, 0.25) is 6.79 Å². The Kier molecular flexibility index (Phi) is 2.26. The van der Waals surface area contributed by atoms with E-state index in [1.54, 1.807) is 18.3 Å². The van der Waals surface area contributed by atoms with Gasteiger partial charge in [-0.2, -0.15) is 0 Å². The highest BCUT2D eigenvalue weighted by molar-refractivity contribution is 5.77. The van der Waals surface area contributed by atoms with Crippen LogP contribution in [0.4, 0.5) is 0 Å². The molecule has 1 aliphatic rings. The summed E-state index contributed by atoms with van der Waals surface area (Å²) in [6.07, 6.45) is 2.42. The fraction of sp³-hybridized carbons (Fsp3) is 0.0769. The second-order valence-corrected chi connectivity index (χ2v) is 3.66. The summed E-state index contributed by atoms with van der Waals surface area (Å²) < 4.78 is 10.5. The number of carbonyl (C=O) groups is 1. The van der Waals surface area contributed by atoms with Gasteiger partial charge in [-0.3, -0.25) is 9.78 Å². The molecule has 17 heavy (non-hydrogen) atoms. The molecule has 1 aromatic heterocycles. The number of aldehydes is 1. The normalized spacial score (nSPS) is 12.5. The molecule has 4 nitrogen and oxygen atoms in total. The zero-order valence-corrected chi connectivity index (χ0v) is 8.92. The van der Waals surface area contributed by atoms with E-state index >= 15 is 0 Å². The first kappa shape index (κ1) is 9.84. The number of aromatic nitrogens is 1. The molecule has 0 saturated carbocycles. The van der Waals surface area contributed by atoms with Crippen LogP contribution in [0.1, 0.15) is 10.4 Å². The third-order valence-electron chi connectivity index (χ3n) is 2.59. The lowest BCUT2D eigenvalue weighted by Gasteiger charge is -2.02. The molecule has 0 N–H and O–H groups in total. The zero-order chi connectivity index (χ0) is 11.7. The molecule has 0 spiro atoms. The molecule has 4 heteroatoms. The van der Waals surface area contributed by atoms with Gasteiger partial charge in [0.1, 0.15) is 6.29 Å². The smallest absolute Gasteiger partial charge is 0.231 e. The van der Waals surface area contributed by atoms with E-state index in [-0.39, 0.29) is 6.79 Å². The predicted molar refractivity (Wildman–Crippen MR) is 61.2 cm³/mol. The first-order valence-corrected chi connectivity index (χ1v) is 5.18.